The summed E-state index contributed by atoms with van der Waals surface area (Å²) < 4.78 is 39.6. The second-order valence-electron chi connectivity index (χ2n) is 8.15. The van der Waals surface area contributed by atoms with Gasteiger partial charge in [-0.1, -0.05) is 30.3 Å². The van der Waals surface area contributed by atoms with Crippen molar-refractivity contribution in [3.8, 4) is 0 Å². The molecule has 0 saturated heterocycles. The van der Waals surface area contributed by atoms with Crippen LogP contribution in [0.1, 0.15) is 49.1 Å². The molecule has 4 amide bonds. The molecule has 7 nitrogen and oxygen atoms in total. The van der Waals surface area contributed by atoms with Crippen molar-refractivity contribution >= 4 is 35.0 Å². The molecule has 1 aliphatic rings. The summed E-state index contributed by atoms with van der Waals surface area (Å²) in [5.74, 6) is -2.39. The van der Waals surface area contributed by atoms with Gasteiger partial charge in [0.2, 0.25) is 5.91 Å². The van der Waals surface area contributed by atoms with Crippen molar-refractivity contribution in [3.05, 3.63) is 94.5 Å². The zero-order chi connectivity index (χ0) is 26.0. The Kier molecular flexibility index (Phi) is 6.61. The molecule has 0 atom stereocenters. The minimum atomic E-state index is -4.67. The normalized spacial score (nSPS) is 12.9. The van der Waals surface area contributed by atoms with Crippen molar-refractivity contribution in [1.82, 2.24) is 4.90 Å². The minimum absolute atomic E-state index is 0.0247. The largest absolute Gasteiger partial charge is 0.416 e. The Labute approximate surface area is 203 Å². The summed E-state index contributed by atoms with van der Waals surface area (Å²) in [6.45, 7) is 1.33. The van der Waals surface area contributed by atoms with Gasteiger partial charge < -0.3 is 10.6 Å². The molecule has 0 radical (unpaired) electrons. The second kappa shape index (κ2) is 9.65. The minimum Gasteiger partial charge on any atom is -0.325 e. The number of halogens is 3. The average Bonchev–Trinajstić information content (AvgIpc) is 3.07. The van der Waals surface area contributed by atoms with E-state index in [-0.39, 0.29) is 34.6 Å². The predicted octanol–water partition coefficient (Wildman–Crippen LogP) is 4.75. The lowest BCUT2D eigenvalue weighted by Gasteiger charge is -2.15. The first-order valence-electron chi connectivity index (χ1n) is 10.9. The maximum atomic E-state index is 13.2. The standard InChI is InChI=1S/C26H20F3N3O4/c1-15(33)30-21-10-8-18(26(27,28)29)14-22(21)31-23(34)17-7-9-19-20(13-17)25(36)32(24(19)35)12-11-16-5-3-2-4-6-16/h2-10,13-14H,11-12H2,1H3,(H,30,33)(H,31,34). The molecule has 184 valence electrons. The van der Waals surface area contributed by atoms with Crippen LogP contribution >= 0.6 is 0 Å². The molecule has 3 aromatic rings. The Morgan fingerprint density at radius 2 is 1.53 bits per heavy atom. The molecule has 0 unspecified atom stereocenters. The molecule has 3 aromatic carbocycles. The Morgan fingerprint density at radius 1 is 0.833 bits per heavy atom. The number of hydrogen-bond donors (Lipinski definition) is 2. The van der Waals surface area contributed by atoms with E-state index in [9.17, 15) is 32.3 Å². The lowest BCUT2D eigenvalue weighted by Crippen LogP contribution is -2.31. The summed E-state index contributed by atoms with van der Waals surface area (Å²) in [6, 6.07) is 15.7. The van der Waals surface area contributed by atoms with Crippen LogP contribution in [0.5, 0.6) is 0 Å². The van der Waals surface area contributed by atoms with Crippen LogP contribution in [0.15, 0.2) is 66.7 Å². The number of nitrogens with zero attached hydrogens (tertiary/aromatic N) is 1. The molecule has 0 spiro atoms. The fraction of sp³-hybridized carbons (Fsp3) is 0.154. The Hall–Kier alpha value is -4.47. The number of carbonyl (C=O) groups is 4. The monoisotopic (exact) mass is 495 g/mol. The molecule has 1 aliphatic heterocycles. The van der Waals surface area contributed by atoms with E-state index in [2.05, 4.69) is 10.6 Å². The molecular formula is C26H20F3N3O4. The van der Waals surface area contributed by atoms with Crippen molar-refractivity contribution in [2.24, 2.45) is 0 Å². The lowest BCUT2D eigenvalue weighted by molar-refractivity contribution is -0.137. The number of alkyl halides is 3. The van der Waals surface area contributed by atoms with Gasteiger partial charge in [0.15, 0.2) is 0 Å². The van der Waals surface area contributed by atoms with Crippen LogP contribution in [0, 0.1) is 0 Å². The van der Waals surface area contributed by atoms with E-state index >= 15 is 0 Å². The number of rotatable bonds is 6. The van der Waals surface area contributed by atoms with Gasteiger partial charge in [-0.15, -0.1) is 0 Å². The topological polar surface area (TPSA) is 95.6 Å². The fourth-order valence-electron chi connectivity index (χ4n) is 3.84. The third kappa shape index (κ3) is 5.12. The smallest absolute Gasteiger partial charge is 0.325 e. The third-order valence-electron chi connectivity index (χ3n) is 5.61. The van der Waals surface area contributed by atoms with Gasteiger partial charge in [-0.05, 0) is 48.4 Å². The van der Waals surface area contributed by atoms with Gasteiger partial charge in [-0.25, -0.2) is 0 Å². The molecule has 2 N–H and O–H groups in total. The molecule has 0 aliphatic carbocycles. The van der Waals surface area contributed by atoms with E-state index in [1.54, 1.807) is 0 Å². The fourth-order valence-corrected chi connectivity index (χ4v) is 3.84. The summed E-state index contributed by atoms with van der Waals surface area (Å²) in [6.07, 6.45) is -4.21. The van der Waals surface area contributed by atoms with E-state index in [4.69, 9.17) is 0 Å². The first-order valence-corrected chi connectivity index (χ1v) is 10.9. The highest BCUT2D eigenvalue weighted by molar-refractivity contribution is 6.22. The molecule has 0 aromatic heterocycles. The van der Waals surface area contributed by atoms with Crippen LogP contribution in [0.2, 0.25) is 0 Å². The zero-order valence-corrected chi connectivity index (χ0v) is 19.0. The molecule has 0 fully saturated rings. The van der Waals surface area contributed by atoms with E-state index in [0.717, 1.165) is 22.6 Å². The molecule has 10 heteroatoms. The summed E-state index contributed by atoms with van der Waals surface area (Å²) in [4.78, 5) is 51.1. The summed E-state index contributed by atoms with van der Waals surface area (Å²) in [5.41, 5.74) is -0.220. The highest BCUT2D eigenvalue weighted by Gasteiger charge is 2.36. The van der Waals surface area contributed by atoms with Gasteiger partial charge in [0.05, 0.1) is 28.1 Å². The van der Waals surface area contributed by atoms with Crippen molar-refractivity contribution in [3.63, 3.8) is 0 Å². The maximum absolute atomic E-state index is 13.2. The van der Waals surface area contributed by atoms with Gasteiger partial charge in [-0.2, -0.15) is 13.2 Å². The van der Waals surface area contributed by atoms with E-state index in [1.807, 2.05) is 30.3 Å². The van der Waals surface area contributed by atoms with Crippen molar-refractivity contribution in [2.75, 3.05) is 17.2 Å². The van der Waals surface area contributed by atoms with Crippen LogP contribution in [0.25, 0.3) is 0 Å². The van der Waals surface area contributed by atoms with Gasteiger partial charge in [0.1, 0.15) is 0 Å². The predicted molar refractivity (Wildman–Crippen MR) is 126 cm³/mol. The third-order valence-corrected chi connectivity index (χ3v) is 5.61. The van der Waals surface area contributed by atoms with Crippen molar-refractivity contribution in [2.45, 2.75) is 19.5 Å². The maximum Gasteiger partial charge on any atom is 0.416 e. The number of anilines is 2. The van der Waals surface area contributed by atoms with Gasteiger partial charge in [0.25, 0.3) is 17.7 Å². The summed E-state index contributed by atoms with van der Waals surface area (Å²) in [5, 5.41) is 4.73. The molecule has 0 bridgehead atoms. The summed E-state index contributed by atoms with van der Waals surface area (Å²) >= 11 is 0. The van der Waals surface area contributed by atoms with E-state index in [1.165, 1.54) is 25.1 Å². The number of carbonyl (C=O) groups excluding carboxylic acids is 4. The van der Waals surface area contributed by atoms with Crippen molar-refractivity contribution < 1.29 is 32.3 Å². The number of amides is 4. The Bertz CT molecular complexity index is 1370. The van der Waals surface area contributed by atoms with Crippen LogP contribution in [-0.4, -0.2) is 35.1 Å². The zero-order valence-electron chi connectivity index (χ0n) is 19.0. The first-order chi connectivity index (χ1) is 17.0. The number of imide groups is 1. The van der Waals surface area contributed by atoms with E-state index < -0.39 is 35.4 Å². The molecule has 4 rings (SSSR count). The quantitative estimate of drug-likeness (QED) is 0.483. The van der Waals surface area contributed by atoms with Gasteiger partial charge in [0, 0.05) is 19.0 Å². The Morgan fingerprint density at radius 3 is 2.19 bits per heavy atom. The Balaban J connectivity index is 1.56. The SMILES string of the molecule is CC(=O)Nc1ccc(C(F)(F)F)cc1NC(=O)c1ccc2c(c1)C(=O)N(CCc1ccccc1)C2=O. The lowest BCUT2D eigenvalue weighted by atomic mass is 10.0. The molecule has 36 heavy (non-hydrogen) atoms. The second-order valence-corrected chi connectivity index (χ2v) is 8.15. The van der Waals surface area contributed by atoms with Gasteiger partial charge >= 0.3 is 6.18 Å². The van der Waals surface area contributed by atoms with Crippen LogP contribution in [0.3, 0.4) is 0 Å². The van der Waals surface area contributed by atoms with Crippen LogP contribution in [0.4, 0.5) is 24.5 Å². The van der Waals surface area contributed by atoms with Crippen molar-refractivity contribution in [1.29, 1.82) is 0 Å². The summed E-state index contributed by atoms with van der Waals surface area (Å²) in [7, 11) is 0. The highest BCUT2D eigenvalue weighted by Crippen LogP contribution is 2.34. The molecular weight excluding hydrogens is 475 g/mol. The average molecular weight is 495 g/mol. The van der Waals surface area contributed by atoms with Crippen LogP contribution in [-0.2, 0) is 17.4 Å². The molecule has 1 heterocycles. The number of fused-ring (bicyclic) bond motifs is 1. The van der Waals surface area contributed by atoms with E-state index in [0.29, 0.717) is 12.5 Å². The number of hydrogen-bond acceptors (Lipinski definition) is 4. The molecule has 0 saturated carbocycles. The van der Waals surface area contributed by atoms with Gasteiger partial charge in [-0.3, -0.25) is 24.1 Å². The van der Waals surface area contributed by atoms with Crippen LogP contribution < -0.4 is 10.6 Å². The first kappa shape index (κ1) is 24.6. The highest BCUT2D eigenvalue weighted by atomic mass is 19.4. The number of nitrogens with one attached hydrogen (secondary N) is 2. The number of benzene rings is 3.